The van der Waals surface area contributed by atoms with Gasteiger partial charge in [-0.15, -0.1) is 0 Å². The van der Waals surface area contributed by atoms with E-state index in [2.05, 4.69) is 15.9 Å². The lowest BCUT2D eigenvalue weighted by atomic mass is 10.0. The summed E-state index contributed by atoms with van der Waals surface area (Å²) < 4.78 is 44.2. The van der Waals surface area contributed by atoms with E-state index in [1.54, 1.807) is 6.07 Å². The lowest BCUT2D eigenvalue weighted by Crippen LogP contribution is -2.42. The second kappa shape index (κ2) is 10.1. The summed E-state index contributed by atoms with van der Waals surface area (Å²) in [6.45, 7) is 0.839. The van der Waals surface area contributed by atoms with Crippen molar-refractivity contribution < 1.29 is 27.6 Å². The van der Waals surface area contributed by atoms with Gasteiger partial charge in [0.1, 0.15) is 24.4 Å². The minimum atomic E-state index is -1.37. The van der Waals surface area contributed by atoms with E-state index < -0.39 is 29.8 Å². The number of halogens is 5. The zero-order chi connectivity index (χ0) is 25.4. The van der Waals surface area contributed by atoms with Gasteiger partial charge in [0.2, 0.25) is 5.91 Å². The third-order valence-electron chi connectivity index (χ3n) is 6.22. The maximum atomic E-state index is 14.3. The Morgan fingerprint density at radius 1 is 1.20 bits per heavy atom. The Hall–Kier alpha value is -2.65. The van der Waals surface area contributed by atoms with Gasteiger partial charge < -0.3 is 9.47 Å². The van der Waals surface area contributed by atoms with Gasteiger partial charge in [-0.1, -0.05) is 23.7 Å². The molecule has 1 aliphatic heterocycles. The monoisotopic (exact) mass is 568 g/mol. The first-order valence-electron chi connectivity index (χ1n) is 10.9. The van der Waals surface area contributed by atoms with Crippen LogP contribution in [-0.2, 0) is 22.6 Å². The molecule has 2 heterocycles. The number of likely N-dealkylation sites (tertiary alicyclic amines) is 1. The van der Waals surface area contributed by atoms with E-state index in [1.807, 2.05) is 0 Å². The maximum Gasteiger partial charge on any atom is 0.243 e. The molecule has 0 N–H and O–H groups in total. The van der Waals surface area contributed by atoms with Gasteiger partial charge in [-0.2, -0.15) is 0 Å². The van der Waals surface area contributed by atoms with E-state index in [0.29, 0.717) is 10.9 Å². The Morgan fingerprint density at radius 3 is 2.66 bits per heavy atom. The second-order valence-electron chi connectivity index (χ2n) is 8.58. The van der Waals surface area contributed by atoms with E-state index in [-0.39, 0.29) is 64.5 Å². The predicted octanol–water partition coefficient (Wildman–Crippen LogP) is 5.68. The predicted molar refractivity (Wildman–Crippen MR) is 129 cm³/mol. The highest BCUT2D eigenvalue weighted by Crippen LogP contribution is 2.29. The number of amides is 1. The summed E-state index contributed by atoms with van der Waals surface area (Å²) in [6.07, 6.45) is -0.0488. The summed E-state index contributed by atoms with van der Waals surface area (Å²) in [6, 6.07) is 6.21. The standard InChI is InChI=1S/C25H21BrClF3N2O3/c1-13(33)17-11-31(21-9-18(26)20(29)8-16(17)21)12-24(35)32-10-15(28)7-22(32)23(34)6-5-14-3-2-4-19(27)25(14)30/h2-4,8-9,11,15,22H,5-7,10,12H2,1H3/t15-,22+/m1/s1. The van der Waals surface area contributed by atoms with Crippen molar-refractivity contribution in [2.45, 2.75) is 44.9 Å². The highest BCUT2D eigenvalue weighted by molar-refractivity contribution is 9.10. The molecule has 1 aliphatic rings. The molecule has 184 valence electrons. The Bertz CT molecular complexity index is 1340. The number of ketones is 2. The van der Waals surface area contributed by atoms with Crippen molar-refractivity contribution in [3.63, 3.8) is 0 Å². The molecule has 2 atom stereocenters. The fourth-order valence-electron chi connectivity index (χ4n) is 4.46. The molecule has 1 aromatic heterocycles. The fourth-order valence-corrected chi connectivity index (χ4v) is 4.99. The topological polar surface area (TPSA) is 59.4 Å². The summed E-state index contributed by atoms with van der Waals surface area (Å²) in [5, 5.41) is 0.304. The first kappa shape index (κ1) is 25.4. The van der Waals surface area contributed by atoms with E-state index in [9.17, 15) is 27.6 Å². The van der Waals surface area contributed by atoms with Gasteiger partial charge in [-0.3, -0.25) is 14.4 Å². The molecule has 35 heavy (non-hydrogen) atoms. The highest BCUT2D eigenvalue weighted by Gasteiger charge is 2.39. The van der Waals surface area contributed by atoms with Gasteiger partial charge >= 0.3 is 0 Å². The van der Waals surface area contributed by atoms with Crippen LogP contribution in [0, 0.1) is 11.6 Å². The molecule has 2 aromatic carbocycles. The number of nitrogens with zero attached hydrogens (tertiary/aromatic N) is 2. The van der Waals surface area contributed by atoms with Crippen LogP contribution in [0.5, 0.6) is 0 Å². The molecule has 0 spiro atoms. The number of carbonyl (C=O) groups is 3. The zero-order valence-corrected chi connectivity index (χ0v) is 21.0. The summed E-state index contributed by atoms with van der Waals surface area (Å²) in [5.41, 5.74) is 0.971. The van der Waals surface area contributed by atoms with Crippen LogP contribution in [0.15, 0.2) is 41.0 Å². The average Bonchev–Trinajstić information content (AvgIpc) is 3.36. The molecule has 3 aromatic rings. The Kier molecular flexibility index (Phi) is 7.38. The third kappa shape index (κ3) is 5.16. The first-order valence-corrected chi connectivity index (χ1v) is 12.1. The van der Waals surface area contributed by atoms with Crippen molar-refractivity contribution in [2.75, 3.05) is 6.54 Å². The molecule has 1 saturated heterocycles. The zero-order valence-electron chi connectivity index (χ0n) is 18.7. The third-order valence-corrected chi connectivity index (χ3v) is 7.12. The van der Waals surface area contributed by atoms with Crippen molar-refractivity contribution in [3.05, 3.63) is 68.8 Å². The first-order chi connectivity index (χ1) is 16.6. The molecule has 4 rings (SSSR count). The normalized spacial score (nSPS) is 17.8. The number of benzene rings is 2. The van der Waals surface area contributed by atoms with Gasteiger partial charge in [0.05, 0.1) is 27.6 Å². The minimum Gasteiger partial charge on any atom is -0.337 e. The second-order valence-corrected chi connectivity index (χ2v) is 9.85. The van der Waals surface area contributed by atoms with Crippen LogP contribution in [0.25, 0.3) is 10.9 Å². The number of hydrogen-bond acceptors (Lipinski definition) is 3. The van der Waals surface area contributed by atoms with E-state index >= 15 is 0 Å². The summed E-state index contributed by atoms with van der Waals surface area (Å²) >= 11 is 8.90. The van der Waals surface area contributed by atoms with Crippen molar-refractivity contribution in [1.29, 1.82) is 0 Å². The number of fused-ring (bicyclic) bond motifs is 1. The SMILES string of the molecule is CC(=O)c1cn(CC(=O)N2C[C@H](F)C[C@H]2C(=O)CCc2cccc(Cl)c2F)c2cc(Br)c(F)cc12. The number of aromatic nitrogens is 1. The molecular weight excluding hydrogens is 549 g/mol. The molecule has 0 saturated carbocycles. The number of carbonyl (C=O) groups excluding carboxylic acids is 3. The van der Waals surface area contributed by atoms with Crippen LogP contribution in [-0.4, -0.2) is 45.7 Å². The molecule has 10 heteroatoms. The fraction of sp³-hybridized carbons (Fsp3) is 0.320. The summed E-state index contributed by atoms with van der Waals surface area (Å²) in [4.78, 5) is 39.3. The molecule has 0 radical (unpaired) electrons. The number of alkyl halides is 1. The lowest BCUT2D eigenvalue weighted by Gasteiger charge is -2.24. The van der Waals surface area contributed by atoms with Crippen LogP contribution in [0.3, 0.4) is 0 Å². The van der Waals surface area contributed by atoms with Crippen LogP contribution >= 0.6 is 27.5 Å². The number of hydrogen-bond donors (Lipinski definition) is 0. The van der Waals surface area contributed by atoms with Gasteiger partial charge in [0, 0.05) is 30.0 Å². The molecule has 1 amide bonds. The van der Waals surface area contributed by atoms with E-state index in [1.165, 1.54) is 46.9 Å². The Labute approximate surface area is 213 Å². The lowest BCUT2D eigenvalue weighted by molar-refractivity contribution is -0.138. The molecule has 0 aliphatic carbocycles. The smallest absolute Gasteiger partial charge is 0.243 e. The van der Waals surface area contributed by atoms with Crippen LogP contribution in [0.1, 0.15) is 35.7 Å². The van der Waals surface area contributed by atoms with Crippen molar-refractivity contribution >= 4 is 55.9 Å². The van der Waals surface area contributed by atoms with Crippen LogP contribution in [0.4, 0.5) is 13.2 Å². The average molecular weight is 570 g/mol. The van der Waals surface area contributed by atoms with Crippen LogP contribution in [0.2, 0.25) is 5.02 Å². The largest absolute Gasteiger partial charge is 0.337 e. The molecular formula is C25H21BrClF3N2O3. The Morgan fingerprint density at radius 2 is 1.94 bits per heavy atom. The van der Waals surface area contributed by atoms with Crippen molar-refractivity contribution in [2.24, 2.45) is 0 Å². The summed E-state index contributed by atoms with van der Waals surface area (Å²) in [7, 11) is 0. The molecule has 0 unspecified atom stereocenters. The maximum absolute atomic E-state index is 14.3. The van der Waals surface area contributed by atoms with Gasteiger partial charge in [0.25, 0.3) is 0 Å². The summed E-state index contributed by atoms with van der Waals surface area (Å²) in [5.74, 6) is -2.33. The van der Waals surface area contributed by atoms with Gasteiger partial charge in [-0.05, 0) is 53.0 Å². The molecule has 1 fully saturated rings. The molecule has 5 nitrogen and oxygen atoms in total. The van der Waals surface area contributed by atoms with E-state index in [4.69, 9.17) is 11.6 Å². The quantitative estimate of drug-likeness (QED) is 0.344. The molecule has 0 bridgehead atoms. The number of aryl methyl sites for hydroxylation is 1. The van der Waals surface area contributed by atoms with Gasteiger partial charge in [-0.25, -0.2) is 13.2 Å². The Balaban J connectivity index is 1.54. The minimum absolute atomic E-state index is 0.0492. The number of rotatable bonds is 7. The van der Waals surface area contributed by atoms with Gasteiger partial charge in [0.15, 0.2) is 11.6 Å². The van der Waals surface area contributed by atoms with E-state index in [0.717, 1.165) is 0 Å². The van der Waals surface area contributed by atoms with Crippen molar-refractivity contribution in [3.8, 4) is 0 Å². The van der Waals surface area contributed by atoms with Crippen molar-refractivity contribution in [1.82, 2.24) is 9.47 Å². The van der Waals surface area contributed by atoms with Crippen LogP contribution < -0.4 is 0 Å². The highest BCUT2D eigenvalue weighted by atomic mass is 79.9. The number of Topliss-reactive ketones (excluding diaryl/α,β-unsaturated/α-hetero) is 2.